The van der Waals surface area contributed by atoms with Crippen molar-refractivity contribution in [3.8, 4) is 0 Å². The van der Waals surface area contributed by atoms with Crippen molar-refractivity contribution in [2.24, 2.45) is 10.9 Å². The van der Waals surface area contributed by atoms with Gasteiger partial charge in [-0.05, 0) is 55.9 Å². The van der Waals surface area contributed by atoms with Gasteiger partial charge in [-0.1, -0.05) is 18.3 Å². The Hall–Kier alpha value is -3.40. The number of hydrogen-bond acceptors (Lipinski definition) is 11. The molecule has 0 bridgehead atoms. The van der Waals surface area contributed by atoms with Gasteiger partial charge in [-0.15, -0.1) is 11.3 Å². The second-order valence-electron chi connectivity index (χ2n) is 10.1. The average Bonchev–Trinajstić information content (AvgIpc) is 3.46. The summed E-state index contributed by atoms with van der Waals surface area (Å²) in [6.45, 7) is 4.57. The number of fused-ring (bicyclic) bond motifs is 2. The van der Waals surface area contributed by atoms with Gasteiger partial charge in [-0.25, -0.2) is 18.0 Å². The van der Waals surface area contributed by atoms with Gasteiger partial charge in [-0.3, -0.25) is 9.59 Å². The summed E-state index contributed by atoms with van der Waals surface area (Å²) in [5.74, 6) is -4.44. The number of anilines is 1. The maximum Gasteiger partial charge on any atom is 0.341 e. The highest BCUT2D eigenvalue weighted by molar-refractivity contribution is 7.92. The van der Waals surface area contributed by atoms with Crippen LogP contribution >= 0.6 is 22.7 Å². The molecule has 1 aromatic carbocycles. The molecule has 0 spiro atoms. The molecular weight excluding hydrogens is 619 g/mol. The lowest BCUT2D eigenvalue weighted by Gasteiger charge is -2.18. The fourth-order valence-corrected chi connectivity index (χ4v) is 8.34. The van der Waals surface area contributed by atoms with Gasteiger partial charge in [0.1, 0.15) is 16.5 Å². The molecule has 0 saturated carbocycles. The van der Waals surface area contributed by atoms with E-state index in [1.54, 1.807) is 29.7 Å². The van der Waals surface area contributed by atoms with E-state index in [4.69, 9.17) is 14.2 Å². The number of amides is 2. The van der Waals surface area contributed by atoms with Gasteiger partial charge < -0.3 is 24.1 Å². The Kier molecular flexibility index (Phi) is 10.5. The number of nitrogens with zero attached hydrogens (tertiary/aromatic N) is 2. The molecule has 0 fully saturated rings. The van der Waals surface area contributed by atoms with E-state index in [2.05, 4.69) is 17.2 Å². The number of ether oxygens (including phenoxy) is 3. The molecule has 3 aromatic rings. The molecule has 4 rings (SSSR count). The van der Waals surface area contributed by atoms with Crippen LogP contribution in [0, 0.1) is 5.92 Å². The van der Waals surface area contributed by atoms with E-state index in [1.165, 1.54) is 25.6 Å². The van der Waals surface area contributed by atoms with Gasteiger partial charge in [0.25, 0.3) is 5.91 Å². The van der Waals surface area contributed by atoms with E-state index in [0.29, 0.717) is 41.3 Å². The third-order valence-corrected chi connectivity index (χ3v) is 10.4. The van der Waals surface area contributed by atoms with Crippen molar-refractivity contribution in [2.75, 3.05) is 44.3 Å². The number of carbonyl (C=O) groups is 4. The number of nitrogens with one attached hydrogen (secondary N) is 1. The van der Waals surface area contributed by atoms with Gasteiger partial charge in [0.15, 0.2) is 14.6 Å². The van der Waals surface area contributed by atoms with Crippen molar-refractivity contribution in [1.82, 2.24) is 4.57 Å². The number of methoxy groups -OCH3 is 2. The monoisotopic (exact) mass is 651 g/mol. The minimum absolute atomic E-state index is 0.158. The largest absolute Gasteiger partial charge is 0.465 e. The minimum atomic E-state index is -4.21. The molecule has 1 N–H and O–H groups in total. The van der Waals surface area contributed by atoms with Gasteiger partial charge >= 0.3 is 11.9 Å². The van der Waals surface area contributed by atoms with Crippen LogP contribution in [0.25, 0.3) is 10.2 Å². The van der Waals surface area contributed by atoms with Crippen molar-refractivity contribution < 1.29 is 41.8 Å². The molecule has 2 heterocycles. The van der Waals surface area contributed by atoms with Crippen LogP contribution in [0.5, 0.6) is 0 Å². The molecule has 1 aliphatic rings. The molecule has 12 nitrogen and oxygen atoms in total. The lowest BCUT2D eigenvalue weighted by atomic mass is 9.88. The maximum atomic E-state index is 12.9. The van der Waals surface area contributed by atoms with E-state index >= 15 is 0 Å². The molecule has 1 aliphatic carbocycles. The Labute approximate surface area is 256 Å². The van der Waals surface area contributed by atoms with Crippen LogP contribution < -0.4 is 10.1 Å². The van der Waals surface area contributed by atoms with Crippen molar-refractivity contribution in [2.45, 2.75) is 39.7 Å². The Morgan fingerprint density at radius 1 is 1.12 bits per heavy atom. The van der Waals surface area contributed by atoms with Crippen LogP contribution in [0.1, 0.15) is 51.4 Å². The zero-order valence-corrected chi connectivity index (χ0v) is 26.7. The summed E-state index contributed by atoms with van der Waals surface area (Å²) in [4.78, 5) is 55.6. The Morgan fingerprint density at radius 3 is 2.58 bits per heavy atom. The lowest BCUT2D eigenvalue weighted by molar-refractivity contribution is -0.115. The fourth-order valence-electron chi connectivity index (χ4n) is 4.80. The molecular formula is C28H33N3O9S3. The first-order valence-electron chi connectivity index (χ1n) is 13.6. The Balaban J connectivity index is 1.53. The summed E-state index contributed by atoms with van der Waals surface area (Å²) in [6, 6.07) is 4.87. The van der Waals surface area contributed by atoms with Crippen LogP contribution in [0.2, 0.25) is 0 Å². The first-order chi connectivity index (χ1) is 20.5. The molecule has 43 heavy (non-hydrogen) atoms. The maximum absolute atomic E-state index is 12.9. The van der Waals surface area contributed by atoms with Crippen LogP contribution in [-0.4, -0.2) is 75.7 Å². The number of benzene rings is 1. The summed E-state index contributed by atoms with van der Waals surface area (Å²) < 4.78 is 43.2. The molecule has 2 amide bonds. The Bertz CT molecular complexity index is 1730. The number of aromatic nitrogens is 1. The van der Waals surface area contributed by atoms with Crippen molar-refractivity contribution >= 4 is 71.5 Å². The summed E-state index contributed by atoms with van der Waals surface area (Å²) >= 11 is 2.35. The van der Waals surface area contributed by atoms with Crippen molar-refractivity contribution in [3.05, 3.63) is 44.6 Å². The van der Waals surface area contributed by atoms with Crippen LogP contribution in [-0.2, 0) is 53.0 Å². The zero-order valence-electron chi connectivity index (χ0n) is 24.3. The lowest BCUT2D eigenvalue weighted by Crippen LogP contribution is -2.28. The molecule has 0 aliphatic heterocycles. The van der Waals surface area contributed by atoms with Gasteiger partial charge in [0, 0.05) is 18.5 Å². The highest BCUT2D eigenvalue weighted by Gasteiger charge is 2.30. The van der Waals surface area contributed by atoms with E-state index in [0.717, 1.165) is 34.6 Å². The molecule has 1 atom stereocenters. The predicted octanol–water partition coefficient (Wildman–Crippen LogP) is 2.98. The number of sulfone groups is 1. The van der Waals surface area contributed by atoms with Crippen molar-refractivity contribution in [1.29, 1.82) is 0 Å². The van der Waals surface area contributed by atoms with Crippen LogP contribution in [0.15, 0.2) is 23.2 Å². The normalized spacial score (nSPS) is 15.3. The highest BCUT2D eigenvalue weighted by Crippen LogP contribution is 2.40. The predicted molar refractivity (Wildman–Crippen MR) is 162 cm³/mol. The van der Waals surface area contributed by atoms with Gasteiger partial charge in [0.05, 0.1) is 41.7 Å². The third-order valence-electron chi connectivity index (χ3n) is 6.78. The van der Waals surface area contributed by atoms with E-state index in [9.17, 15) is 27.6 Å². The van der Waals surface area contributed by atoms with E-state index < -0.39 is 45.1 Å². The molecule has 2 aromatic heterocycles. The zero-order chi connectivity index (χ0) is 31.3. The molecule has 0 radical (unpaired) electrons. The van der Waals surface area contributed by atoms with E-state index in [1.807, 2.05) is 0 Å². The number of esters is 2. The van der Waals surface area contributed by atoms with E-state index in [-0.39, 0.29) is 22.0 Å². The SMILES string of the molecule is CCOC(=O)c1c(NC(=O)CS(=O)(=O)CC(=O)N=c2sc3cc(C(=O)OC)ccc3n2CCOC)sc2c1CCC(C)C2. The number of thiophene rings is 1. The quantitative estimate of drug-likeness (QED) is 0.308. The Morgan fingerprint density at radius 2 is 1.88 bits per heavy atom. The summed E-state index contributed by atoms with van der Waals surface area (Å²) in [7, 11) is -1.42. The molecule has 0 saturated heterocycles. The summed E-state index contributed by atoms with van der Waals surface area (Å²) in [5, 5.41) is 2.83. The summed E-state index contributed by atoms with van der Waals surface area (Å²) in [5.41, 5.74) is 2.09. The minimum Gasteiger partial charge on any atom is -0.465 e. The second kappa shape index (κ2) is 13.9. The molecule has 1 unspecified atom stereocenters. The van der Waals surface area contributed by atoms with Gasteiger partial charge in [-0.2, -0.15) is 4.99 Å². The number of thiazole rings is 1. The average molecular weight is 652 g/mol. The number of carbonyl (C=O) groups excluding carboxylic acids is 4. The first kappa shape index (κ1) is 32.5. The fraction of sp³-hybridized carbons (Fsp3) is 0.464. The highest BCUT2D eigenvalue weighted by atomic mass is 32.2. The third kappa shape index (κ3) is 7.77. The topological polar surface area (TPSA) is 159 Å². The van der Waals surface area contributed by atoms with Crippen LogP contribution in [0.3, 0.4) is 0 Å². The van der Waals surface area contributed by atoms with Crippen LogP contribution in [0.4, 0.5) is 5.00 Å². The molecule has 232 valence electrons. The summed E-state index contributed by atoms with van der Waals surface area (Å²) in [6.07, 6.45) is 2.31. The van der Waals surface area contributed by atoms with Crippen molar-refractivity contribution in [3.63, 3.8) is 0 Å². The molecule has 15 heteroatoms. The van der Waals surface area contributed by atoms with Gasteiger partial charge in [0.2, 0.25) is 5.91 Å². The number of rotatable bonds is 11. The smallest absolute Gasteiger partial charge is 0.341 e. The standard InChI is InChI=1S/C28H33N3O9S3/c1-5-40-27(35)24-18-8-6-16(2)12-20(18)41-25(24)29-22(32)14-43(36,37)15-23(33)30-28-31(10-11-38-3)19-9-7-17(26(34)39-4)13-21(19)42-28/h7,9,13,16H,5-6,8,10-12,14-15H2,1-4H3,(H,29,32). The number of hydrogen-bond donors (Lipinski definition) is 1. The first-order valence-corrected chi connectivity index (χ1v) is 17.0. The second-order valence-corrected chi connectivity index (χ2v) is 14.2.